The predicted molar refractivity (Wildman–Crippen MR) is 110 cm³/mol. The van der Waals surface area contributed by atoms with E-state index in [1.807, 2.05) is 42.5 Å². The van der Waals surface area contributed by atoms with Gasteiger partial charge in [-0.25, -0.2) is 4.98 Å². The minimum Gasteiger partial charge on any atom is -0.356 e. The van der Waals surface area contributed by atoms with Gasteiger partial charge in [-0.3, -0.25) is 9.59 Å². The molecule has 6 heteroatoms. The van der Waals surface area contributed by atoms with Crippen molar-refractivity contribution in [2.24, 2.45) is 0 Å². The van der Waals surface area contributed by atoms with Crippen LogP contribution in [0.2, 0.25) is 0 Å². The molecule has 4 rings (SSSR count). The topological polar surface area (TPSA) is 86.9 Å². The van der Waals surface area contributed by atoms with Gasteiger partial charge in [0.2, 0.25) is 5.91 Å². The van der Waals surface area contributed by atoms with Crippen molar-refractivity contribution < 1.29 is 9.59 Å². The lowest BCUT2D eigenvalue weighted by Crippen LogP contribution is -2.11. The molecule has 0 spiro atoms. The fraction of sp³-hybridized carbons (Fsp3) is 0.227. The summed E-state index contributed by atoms with van der Waals surface area (Å²) in [7, 11) is 0. The first kappa shape index (κ1) is 18.0. The van der Waals surface area contributed by atoms with Crippen molar-refractivity contribution in [1.82, 2.24) is 9.97 Å². The molecule has 0 saturated heterocycles. The van der Waals surface area contributed by atoms with Crippen LogP contribution in [0.1, 0.15) is 42.2 Å². The summed E-state index contributed by atoms with van der Waals surface area (Å²) < 4.78 is 0. The molecule has 2 aromatic heterocycles. The molecule has 1 aromatic carbocycles. The number of aromatic amines is 1. The number of aryl methyl sites for hydroxylation is 1. The average molecular weight is 374 g/mol. The fourth-order valence-corrected chi connectivity index (χ4v) is 3.49. The molecule has 0 saturated carbocycles. The quantitative estimate of drug-likeness (QED) is 0.605. The van der Waals surface area contributed by atoms with Gasteiger partial charge in [0.25, 0.3) is 0 Å². The number of H-pyrrole nitrogens is 1. The number of para-hydroxylation sites is 1. The zero-order chi connectivity index (χ0) is 19.5. The highest BCUT2D eigenvalue weighted by atomic mass is 16.1. The zero-order valence-electron chi connectivity index (χ0n) is 15.7. The van der Waals surface area contributed by atoms with Gasteiger partial charge in [0.05, 0.1) is 16.9 Å². The number of hydrogen-bond donors (Lipinski definition) is 3. The van der Waals surface area contributed by atoms with E-state index in [4.69, 9.17) is 0 Å². The number of nitrogens with one attached hydrogen (secondary N) is 3. The van der Waals surface area contributed by atoms with Gasteiger partial charge in [-0.2, -0.15) is 0 Å². The van der Waals surface area contributed by atoms with Gasteiger partial charge in [0, 0.05) is 36.0 Å². The van der Waals surface area contributed by atoms with Crippen molar-refractivity contribution in [3.63, 3.8) is 0 Å². The Morgan fingerprint density at radius 1 is 1.18 bits per heavy atom. The van der Waals surface area contributed by atoms with E-state index in [0.29, 0.717) is 18.7 Å². The molecule has 28 heavy (non-hydrogen) atoms. The number of carbonyl (C=O) groups excluding carboxylic acids is 2. The van der Waals surface area contributed by atoms with E-state index >= 15 is 0 Å². The van der Waals surface area contributed by atoms with Crippen molar-refractivity contribution in [3.8, 4) is 11.3 Å². The highest BCUT2D eigenvalue weighted by Gasteiger charge is 2.27. The third-order valence-corrected chi connectivity index (χ3v) is 4.87. The molecule has 0 fully saturated rings. The van der Waals surface area contributed by atoms with Gasteiger partial charge >= 0.3 is 0 Å². The summed E-state index contributed by atoms with van der Waals surface area (Å²) >= 11 is 0. The Balaban J connectivity index is 1.79. The Morgan fingerprint density at radius 2 is 2.00 bits per heavy atom. The monoisotopic (exact) mass is 374 g/mol. The molecule has 142 valence electrons. The predicted octanol–water partition coefficient (Wildman–Crippen LogP) is 4.69. The average Bonchev–Trinajstić information content (AvgIpc) is 3.08. The van der Waals surface area contributed by atoms with Crippen LogP contribution in [-0.4, -0.2) is 21.7 Å². The molecule has 1 amide bonds. The summed E-state index contributed by atoms with van der Waals surface area (Å²) in [5, 5.41) is 6.21. The summed E-state index contributed by atoms with van der Waals surface area (Å²) in [6, 6.07) is 13.5. The normalized spacial score (nSPS) is 13.1. The van der Waals surface area contributed by atoms with Gasteiger partial charge in [-0.1, -0.05) is 25.1 Å². The molecule has 0 unspecified atom stereocenters. The smallest absolute Gasteiger partial charge is 0.225 e. The van der Waals surface area contributed by atoms with Crippen LogP contribution in [0.15, 0.2) is 48.7 Å². The van der Waals surface area contributed by atoms with Gasteiger partial charge < -0.3 is 15.6 Å². The number of nitrogens with zero attached hydrogens (tertiary/aromatic N) is 1. The first-order valence-corrected chi connectivity index (χ1v) is 9.52. The van der Waals surface area contributed by atoms with Crippen LogP contribution in [0.4, 0.5) is 17.2 Å². The Labute approximate surface area is 163 Å². The number of carbonyl (C=O) groups is 2. The van der Waals surface area contributed by atoms with Crippen molar-refractivity contribution >= 4 is 28.9 Å². The van der Waals surface area contributed by atoms with E-state index in [9.17, 15) is 9.59 Å². The fourth-order valence-electron chi connectivity index (χ4n) is 3.49. The summed E-state index contributed by atoms with van der Waals surface area (Å²) in [6.07, 6.45) is 4.30. The lowest BCUT2D eigenvalue weighted by molar-refractivity contribution is -0.115. The number of ketones is 1. The van der Waals surface area contributed by atoms with Crippen molar-refractivity contribution in [3.05, 3.63) is 59.9 Å². The van der Waals surface area contributed by atoms with Crippen LogP contribution in [0.25, 0.3) is 11.3 Å². The standard InChI is InChI=1S/C22H22N4O2/c1-2-19(28)26-18-13-14(11-12-23-18)21-22(24-15-7-4-3-5-8-15)20-16(25-21)9-6-10-17(20)27/h3-5,7-8,11-13,24-25H,2,6,9-10H2,1H3,(H,23,26,28). The second kappa shape index (κ2) is 7.68. The van der Waals surface area contributed by atoms with Crippen LogP contribution in [0.3, 0.4) is 0 Å². The first-order valence-electron chi connectivity index (χ1n) is 9.52. The maximum atomic E-state index is 12.7. The van der Waals surface area contributed by atoms with Gasteiger partial charge in [-0.05, 0) is 37.1 Å². The van der Waals surface area contributed by atoms with E-state index in [1.165, 1.54) is 0 Å². The molecule has 1 aliphatic rings. The van der Waals surface area contributed by atoms with E-state index in [1.54, 1.807) is 13.1 Å². The number of hydrogen-bond acceptors (Lipinski definition) is 4. The number of fused-ring (bicyclic) bond motifs is 1. The van der Waals surface area contributed by atoms with E-state index in [2.05, 4.69) is 20.6 Å². The van der Waals surface area contributed by atoms with Crippen LogP contribution >= 0.6 is 0 Å². The Bertz CT molecular complexity index is 1020. The van der Waals surface area contributed by atoms with Gasteiger partial charge in [0.1, 0.15) is 5.82 Å². The van der Waals surface area contributed by atoms with Gasteiger partial charge in [0.15, 0.2) is 5.78 Å². The summed E-state index contributed by atoms with van der Waals surface area (Å²) in [4.78, 5) is 32.1. The third kappa shape index (κ3) is 3.53. The molecule has 3 aromatic rings. The number of benzene rings is 1. The second-order valence-electron chi connectivity index (χ2n) is 6.83. The number of Topliss-reactive ketones (excluding diaryl/α,β-unsaturated/α-hetero) is 1. The summed E-state index contributed by atoms with van der Waals surface area (Å²) in [5.74, 6) is 0.554. The highest BCUT2D eigenvalue weighted by molar-refractivity contribution is 6.07. The molecule has 3 N–H and O–H groups in total. The molecule has 2 heterocycles. The SMILES string of the molecule is CCC(=O)Nc1cc(-c2[nH]c3c(c2Nc2ccccc2)C(=O)CCC3)ccn1. The molecular weight excluding hydrogens is 352 g/mol. The van der Waals surface area contributed by atoms with E-state index < -0.39 is 0 Å². The summed E-state index contributed by atoms with van der Waals surface area (Å²) in [6.45, 7) is 1.80. The van der Waals surface area contributed by atoms with E-state index in [0.717, 1.165) is 46.7 Å². The molecule has 0 aliphatic heterocycles. The Morgan fingerprint density at radius 3 is 2.79 bits per heavy atom. The zero-order valence-corrected chi connectivity index (χ0v) is 15.7. The largest absolute Gasteiger partial charge is 0.356 e. The number of pyridine rings is 1. The number of aromatic nitrogens is 2. The number of rotatable bonds is 5. The van der Waals surface area contributed by atoms with Crippen LogP contribution in [-0.2, 0) is 11.2 Å². The lowest BCUT2D eigenvalue weighted by atomic mass is 9.95. The molecule has 0 atom stereocenters. The van der Waals surface area contributed by atoms with Crippen molar-refractivity contribution in [2.75, 3.05) is 10.6 Å². The molecule has 6 nitrogen and oxygen atoms in total. The minimum atomic E-state index is -0.0896. The molecular formula is C22H22N4O2. The second-order valence-corrected chi connectivity index (χ2v) is 6.83. The Kier molecular flexibility index (Phi) is 4.93. The van der Waals surface area contributed by atoms with E-state index in [-0.39, 0.29) is 11.7 Å². The maximum absolute atomic E-state index is 12.7. The van der Waals surface area contributed by atoms with Crippen LogP contribution in [0, 0.1) is 0 Å². The highest BCUT2D eigenvalue weighted by Crippen LogP contribution is 2.39. The van der Waals surface area contributed by atoms with Gasteiger partial charge in [-0.15, -0.1) is 0 Å². The Hall–Kier alpha value is -3.41. The lowest BCUT2D eigenvalue weighted by Gasteiger charge is -2.14. The maximum Gasteiger partial charge on any atom is 0.225 e. The molecule has 1 aliphatic carbocycles. The van der Waals surface area contributed by atoms with Crippen molar-refractivity contribution in [2.45, 2.75) is 32.6 Å². The number of amides is 1. The molecule has 0 radical (unpaired) electrons. The summed E-state index contributed by atoms with van der Waals surface area (Å²) in [5.41, 5.74) is 5.09. The van der Waals surface area contributed by atoms with Crippen molar-refractivity contribution in [1.29, 1.82) is 0 Å². The van der Waals surface area contributed by atoms with Crippen LogP contribution in [0.5, 0.6) is 0 Å². The third-order valence-electron chi connectivity index (χ3n) is 4.87. The first-order chi connectivity index (χ1) is 13.7. The molecule has 0 bridgehead atoms. The number of anilines is 3. The minimum absolute atomic E-state index is 0.0896. The van der Waals surface area contributed by atoms with Crippen LogP contribution < -0.4 is 10.6 Å².